The van der Waals surface area contributed by atoms with Gasteiger partial charge in [-0.1, -0.05) is 0 Å². The Morgan fingerprint density at radius 1 is 1.48 bits per heavy atom. The van der Waals surface area contributed by atoms with Gasteiger partial charge in [-0.3, -0.25) is 25.3 Å². The van der Waals surface area contributed by atoms with Gasteiger partial charge < -0.3 is 4.74 Å². The lowest BCUT2D eigenvalue weighted by Gasteiger charge is -2.30. The molecule has 7 nitrogen and oxygen atoms in total. The molecule has 8 heteroatoms. The van der Waals surface area contributed by atoms with Gasteiger partial charge in [-0.15, -0.1) is 11.3 Å². The summed E-state index contributed by atoms with van der Waals surface area (Å²) in [7, 11) is 0. The number of amides is 2. The summed E-state index contributed by atoms with van der Waals surface area (Å²) in [5.41, 5.74) is 5.74. The summed E-state index contributed by atoms with van der Waals surface area (Å²) >= 11 is 1.43. The molecule has 0 spiro atoms. The van der Waals surface area contributed by atoms with Crippen LogP contribution in [0.5, 0.6) is 0 Å². The number of nitrogens with one attached hydrogen (secondary N) is 2. The first-order chi connectivity index (χ1) is 10.0. The van der Waals surface area contributed by atoms with E-state index in [0.717, 1.165) is 23.8 Å². The molecule has 2 rings (SSSR count). The van der Waals surface area contributed by atoms with Crippen molar-refractivity contribution in [3.63, 3.8) is 0 Å². The van der Waals surface area contributed by atoms with E-state index in [0.29, 0.717) is 6.61 Å². The van der Waals surface area contributed by atoms with Crippen molar-refractivity contribution in [2.45, 2.75) is 26.4 Å². The average Bonchev–Trinajstić information content (AvgIpc) is 2.82. The molecule has 116 valence electrons. The van der Waals surface area contributed by atoms with Crippen LogP contribution in [0.15, 0.2) is 5.38 Å². The summed E-state index contributed by atoms with van der Waals surface area (Å²) in [6.45, 7) is 6.18. The number of aromatic nitrogens is 1. The van der Waals surface area contributed by atoms with E-state index in [1.54, 1.807) is 0 Å². The lowest BCUT2D eigenvalue weighted by Crippen LogP contribution is -2.50. The Balaban J connectivity index is 1.67. The standard InChI is InChI=1S/C13H20N4O3S/c1-9-8-21-13(14-9)5-11(18)15-16-12(19)7-17-3-4-20-10(2)6-17/h8,10H,3-7H2,1-2H3,(H,15,18)(H,16,19)/t10-/m0/s1. The second-order valence-corrected chi connectivity index (χ2v) is 6.01. The number of aryl methyl sites for hydroxylation is 1. The Kier molecular flexibility index (Phi) is 5.66. The Bertz CT molecular complexity index is 505. The van der Waals surface area contributed by atoms with Gasteiger partial charge in [-0.25, -0.2) is 4.98 Å². The van der Waals surface area contributed by atoms with Crippen LogP contribution < -0.4 is 10.9 Å². The molecular weight excluding hydrogens is 292 g/mol. The summed E-state index contributed by atoms with van der Waals surface area (Å²) in [4.78, 5) is 29.6. The molecule has 0 aliphatic carbocycles. The van der Waals surface area contributed by atoms with Gasteiger partial charge in [0.2, 0.25) is 5.91 Å². The van der Waals surface area contributed by atoms with Crippen LogP contribution >= 0.6 is 11.3 Å². The minimum atomic E-state index is -0.270. The van der Waals surface area contributed by atoms with E-state index < -0.39 is 0 Å². The normalized spacial score (nSPS) is 19.2. The maximum Gasteiger partial charge on any atom is 0.252 e. The molecule has 1 aromatic heterocycles. The van der Waals surface area contributed by atoms with Crippen molar-refractivity contribution in [1.29, 1.82) is 0 Å². The minimum absolute atomic E-state index is 0.134. The zero-order valence-corrected chi connectivity index (χ0v) is 13.0. The second kappa shape index (κ2) is 7.48. The molecule has 1 fully saturated rings. The van der Waals surface area contributed by atoms with Gasteiger partial charge in [0.25, 0.3) is 5.91 Å². The van der Waals surface area contributed by atoms with Crippen LogP contribution in [-0.2, 0) is 20.7 Å². The molecule has 2 N–H and O–H groups in total. The van der Waals surface area contributed by atoms with E-state index in [4.69, 9.17) is 4.74 Å². The van der Waals surface area contributed by atoms with Crippen molar-refractivity contribution >= 4 is 23.2 Å². The van der Waals surface area contributed by atoms with Gasteiger partial charge >= 0.3 is 0 Å². The van der Waals surface area contributed by atoms with Crippen LogP contribution in [0.4, 0.5) is 0 Å². The van der Waals surface area contributed by atoms with Gasteiger partial charge in [-0.2, -0.15) is 0 Å². The van der Waals surface area contributed by atoms with E-state index in [1.165, 1.54) is 11.3 Å². The maximum atomic E-state index is 11.8. The van der Waals surface area contributed by atoms with Crippen molar-refractivity contribution in [3.8, 4) is 0 Å². The molecule has 0 aromatic carbocycles. The molecule has 1 saturated heterocycles. The van der Waals surface area contributed by atoms with Crippen LogP contribution in [0.1, 0.15) is 17.6 Å². The van der Waals surface area contributed by atoms with E-state index in [1.807, 2.05) is 24.1 Å². The van der Waals surface area contributed by atoms with Gasteiger partial charge in [0.1, 0.15) is 5.01 Å². The first-order valence-corrected chi connectivity index (χ1v) is 7.73. The molecule has 1 aliphatic heterocycles. The van der Waals surface area contributed by atoms with E-state index in [-0.39, 0.29) is 30.9 Å². The van der Waals surface area contributed by atoms with Crippen LogP contribution in [0.25, 0.3) is 0 Å². The van der Waals surface area contributed by atoms with Crippen LogP contribution in [0.2, 0.25) is 0 Å². The number of ether oxygens (including phenoxy) is 1. The van der Waals surface area contributed by atoms with Gasteiger partial charge in [0.15, 0.2) is 0 Å². The van der Waals surface area contributed by atoms with E-state index in [2.05, 4.69) is 15.8 Å². The number of carbonyl (C=O) groups excluding carboxylic acids is 2. The summed E-state index contributed by atoms with van der Waals surface area (Å²) in [6, 6.07) is 0. The topological polar surface area (TPSA) is 83.6 Å². The number of carbonyl (C=O) groups is 2. The van der Waals surface area contributed by atoms with Crippen LogP contribution in [0, 0.1) is 6.92 Å². The second-order valence-electron chi connectivity index (χ2n) is 5.07. The molecule has 1 aromatic rings. The smallest absolute Gasteiger partial charge is 0.252 e. The maximum absolute atomic E-state index is 11.8. The molecule has 0 radical (unpaired) electrons. The van der Waals surface area contributed by atoms with Crippen molar-refractivity contribution < 1.29 is 14.3 Å². The van der Waals surface area contributed by atoms with Gasteiger partial charge in [0, 0.05) is 24.2 Å². The molecule has 2 amide bonds. The van der Waals surface area contributed by atoms with Crippen LogP contribution in [0.3, 0.4) is 0 Å². The Labute approximate surface area is 127 Å². The SMILES string of the molecule is Cc1csc(CC(=O)NNC(=O)CN2CCO[C@@H](C)C2)n1. The van der Waals surface area contributed by atoms with Crippen molar-refractivity contribution in [3.05, 3.63) is 16.1 Å². The molecular formula is C13H20N4O3S. The number of hydrogen-bond acceptors (Lipinski definition) is 6. The molecule has 1 aliphatic rings. The number of thiazole rings is 1. The summed E-state index contributed by atoms with van der Waals surface area (Å²) < 4.78 is 5.41. The lowest BCUT2D eigenvalue weighted by molar-refractivity contribution is -0.130. The zero-order valence-electron chi connectivity index (χ0n) is 12.2. The van der Waals surface area contributed by atoms with Crippen LogP contribution in [-0.4, -0.2) is 54.0 Å². The number of morpholine rings is 1. The lowest BCUT2D eigenvalue weighted by atomic mass is 10.3. The highest BCUT2D eigenvalue weighted by atomic mass is 32.1. The van der Waals surface area contributed by atoms with Gasteiger partial charge in [-0.05, 0) is 13.8 Å². The van der Waals surface area contributed by atoms with Crippen molar-refractivity contribution in [1.82, 2.24) is 20.7 Å². The minimum Gasteiger partial charge on any atom is -0.376 e. The van der Waals surface area contributed by atoms with E-state index >= 15 is 0 Å². The largest absolute Gasteiger partial charge is 0.376 e. The van der Waals surface area contributed by atoms with Crippen molar-refractivity contribution in [2.75, 3.05) is 26.2 Å². The number of hydrogen-bond donors (Lipinski definition) is 2. The Morgan fingerprint density at radius 2 is 2.24 bits per heavy atom. The highest BCUT2D eigenvalue weighted by Gasteiger charge is 2.19. The quantitative estimate of drug-likeness (QED) is 0.756. The molecule has 0 unspecified atom stereocenters. The summed E-state index contributed by atoms with van der Waals surface area (Å²) in [5, 5.41) is 2.63. The third-order valence-corrected chi connectivity index (χ3v) is 3.98. The zero-order chi connectivity index (χ0) is 15.2. The molecule has 21 heavy (non-hydrogen) atoms. The van der Waals surface area contributed by atoms with Crippen molar-refractivity contribution in [2.24, 2.45) is 0 Å². The third kappa shape index (κ3) is 5.41. The highest BCUT2D eigenvalue weighted by molar-refractivity contribution is 7.09. The Morgan fingerprint density at radius 3 is 2.90 bits per heavy atom. The summed E-state index contributed by atoms with van der Waals surface area (Å²) in [6.07, 6.45) is 0.308. The monoisotopic (exact) mass is 312 g/mol. The summed E-state index contributed by atoms with van der Waals surface area (Å²) in [5.74, 6) is -0.499. The average molecular weight is 312 g/mol. The Hall–Kier alpha value is -1.51. The predicted molar refractivity (Wildman–Crippen MR) is 78.7 cm³/mol. The third-order valence-electron chi connectivity index (χ3n) is 3.01. The first kappa shape index (κ1) is 15.9. The highest BCUT2D eigenvalue weighted by Crippen LogP contribution is 2.08. The number of nitrogens with zero attached hydrogens (tertiary/aromatic N) is 2. The fraction of sp³-hybridized carbons (Fsp3) is 0.615. The number of hydrazine groups is 1. The van der Waals surface area contributed by atoms with E-state index in [9.17, 15) is 9.59 Å². The predicted octanol–water partition coefficient (Wildman–Crippen LogP) is -0.138. The molecule has 1 atom stereocenters. The number of rotatable bonds is 4. The molecule has 2 heterocycles. The fourth-order valence-corrected chi connectivity index (χ4v) is 2.85. The first-order valence-electron chi connectivity index (χ1n) is 6.85. The molecule has 0 bridgehead atoms. The fourth-order valence-electron chi connectivity index (χ4n) is 2.08. The molecule has 0 saturated carbocycles. The van der Waals surface area contributed by atoms with Gasteiger partial charge in [0.05, 0.1) is 25.7 Å².